The molecule has 0 saturated carbocycles. The number of hydrogen-bond acceptors (Lipinski definition) is 5. The first-order valence-corrected chi connectivity index (χ1v) is 11.7. The molecule has 4 heterocycles. The zero-order valence-electron chi connectivity index (χ0n) is 19.6. The molecule has 2 aromatic carbocycles. The molecule has 2 aliphatic rings. The van der Waals surface area contributed by atoms with Crippen LogP contribution in [0.4, 0.5) is 4.39 Å². The van der Waals surface area contributed by atoms with Gasteiger partial charge in [-0.15, -0.1) is 0 Å². The molecule has 1 amide bonds. The highest BCUT2D eigenvalue weighted by molar-refractivity contribution is 6.42. The number of aryl methyl sites for hydroxylation is 1. The Morgan fingerprint density at radius 1 is 1.22 bits per heavy atom. The maximum atomic E-state index is 15.3. The van der Waals surface area contributed by atoms with Gasteiger partial charge in [-0.05, 0) is 41.5 Å². The number of benzene rings is 2. The molecule has 10 heteroatoms. The lowest BCUT2D eigenvalue weighted by Gasteiger charge is -2.33. The summed E-state index contributed by atoms with van der Waals surface area (Å²) in [5.74, 6) is -0.198. The van der Waals surface area contributed by atoms with Gasteiger partial charge in [0.15, 0.2) is 0 Å². The predicted molar refractivity (Wildman–Crippen MR) is 133 cm³/mol. The number of hydrogen-bond donors (Lipinski definition) is 0. The number of pyridine rings is 1. The summed E-state index contributed by atoms with van der Waals surface area (Å²) in [6.45, 7) is 1.14. The minimum Gasteiger partial charge on any atom is -0.489 e. The monoisotopic (exact) mass is 478 g/mol. The van der Waals surface area contributed by atoms with Gasteiger partial charge < -0.3 is 14.4 Å². The first-order valence-electron chi connectivity index (χ1n) is 11.7. The number of nitrogens with zero attached hydrogens (tertiary/aromatic N) is 4. The Balaban J connectivity index is 1.29. The molecule has 1 fully saturated rings. The molecule has 2 aliphatic heterocycles. The van der Waals surface area contributed by atoms with Crippen molar-refractivity contribution >= 4 is 32.5 Å². The Bertz CT molecular complexity index is 1500. The summed E-state index contributed by atoms with van der Waals surface area (Å²) >= 11 is 0. The molecule has 7 nitrogen and oxygen atoms in total. The molecule has 6 rings (SSSR count). The van der Waals surface area contributed by atoms with E-state index in [1.54, 1.807) is 22.9 Å². The van der Waals surface area contributed by atoms with E-state index in [1.807, 2.05) is 31.4 Å². The van der Waals surface area contributed by atoms with Crippen molar-refractivity contribution < 1.29 is 18.7 Å². The molecular weight excluding hydrogens is 457 g/mol. The lowest BCUT2D eigenvalue weighted by Crippen LogP contribution is -2.44. The van der Waals surface area contributed by atoms with E-state index in [4.69, 9.17) is 25.2 Å². The van der Waals surface area contributed by atoms with E-state index in [1.165, 1.54) is 17.2 Å². The minimum absolute atomic E-state index is 0.0906. The SMILES string of the molecule is [B]C1([B])c2ncccc2C(=O)N1Cc1ccc(-c2ccc(OCC3CCO3)c3nn(C)cc23)cc1F. The fraction of sp³-hybridized carbons (Fsp3) is 0.269. The van der Waals surface area contributed by atoms with Gasteiger partial charge in [0.05, 0.1) is 33.1 Å². The predicted octanol–water partition coefficient (Wildman–Crippen LogP) is 3.05. The van der Waals surface area contributed by atoms with Crippen molar-refractivity contribution in [3.05, 3.63) is 77.5 Å². The number of halogens is 1. The van der Waals surface area contributed by atoms with Crippen molar-refractivity contribution in [2.75, 3.05) is 13.2 Å². The minimum atomic E-state index is -1.62. The summed E-state index contributed by atoms with van der Waals surface area (Å²) in [4.78, 5) is 18.3. The number of carbonyl (C=O) groups is 1. The summed E-state index contributed by atoms with van der Waals surface area (Å²) in [6, 6.07) is 11.9. The summed E-state index contributed by atoms with van der Waals surface area (Å²) < 4.78 is 28.4. The Morgan fingerprint density at radius 3 is 2.78 bits per heavy atom. The highest BCUT2D eigenvalue weighted by Crippen LogP contribution is 2.37. The molecule has 1 unspecified atom stereocenters. The molecule has 0 bridgehead atoms. The molecule has 0 N–H and O–H groups in total. The molecule has 36 heavy (non-hydrogen) atoms. The second-order valence-corrected chi connectivity index (χ2v) is 9.19. The van der Waals surface area contributed by atoms with Crippen molar-refractivity contribution in [1.29, 1.82) is 0 Å². The Kier molecular flexibility index (Phi) is 5.37. The van der Waals surface area contributed by atoms with Gasteiger partial charge in [-0.25, -0.2) is 4.39 Å². The number of ether oxygens (including phenoxy) is 2. The highest BCUT2D eigenvalue weighted by atomic mass is 19.1. The molecule has 0 aliphatic carbocycles. The number of amides is 1. The van der Waals surface area contributed by atoms with Gasteiger partial charge in [-0.1, -0.05) is 12.1 Å². The van der Waals surface area contributed by atoms with Crippen LogP contribution < -0.4 is 4.74 Å². The number of rotatable bonds is 6. The van der Waals surface area contributed by atoms with Crippen LogP contribution in [0.15, 0.2) is 54.9 Å². The van der Waals surface area contributed by atoms with Gasteiger partial charge >= 0.3 is 0 Å². The van der Waals surface area contributed by atoms with E-state index in [0.29, 0.717) is 34.6 Å². The van der Waals surface area contributed by atoms with E-state index in [-0.39, 0.29) is 24.2 Å². The van der Waals surface area contributed by atoms with Crippen LogP contribution in [0.1, 0.15) is 28.0 Å². The summed E-state index contributed by atoms with van der Waals surface area (Å²) in [7, 11) is 14.3. The van der Waals surface area contributed by atoms with E-state index in [0.717, 1.165) is 24.0 Å². The molecule has 4 aromatic rings. The van der Waals surface area contributed by atoms with Crippen molar-refractivity contribution in [3.8, 4) is 16.9 Å². The second-order valence-electron chi connectivity index (χ2n) is 9.19. The quantitative estimate of drug-likeness (QED) is 0.399. The van der Waals surface area contributed by atoms with Gasteiger partial charge in [0, 0.05) is 55.3 Å². The van der Waals surface area contributed by atoms with E-state index in [9.17, 15) is 4.79 Å². The lowest BCUT2D eigenvalue weighted by atomic mass is 9.59. The van der Waals surface area contributed by atoms with E-state index >= 15 is 4.39 Å². The largest absolute Gasteiger partial charge is 0.489 e. The van der Waals surface area contributed by atoms with Crippen LogP contribution >= 0.6 is 0 Å². The first kappa shape index (κ1) is 22.8. The van der Waals surface area contributed by atoms with E-state index < -0.39 is 11.2 Å². The molecular formula is C26H21B2FN4O3. The van der Waals surface area contributed by atoms with Crippen molar-refractivity contribution in [3.63, 3.8) is 0 Å². The zero-order chi connectivity index (χ0) is 25.0. The first-order chi connectivity index (χ1) is 17.3. The van der Waals surface area contributed by atoms with Crippen LogP contribution in [0, 0.1) is 5.82 Å². The average molecular weight is 478 g/mol. The summed E-state index contributed by atoms with van der Waals surface area (Å²) in [5, 5.41) is 3.77. The highest BCUT2D eigenvalue weighted by Gasteiger charge is 2.43. The van der Waals surface area contributed by atoms with Crippen molar-refractivity contribution in [2.24, 2.45) is 7.05 Å². The fourth-order valence-electron chi connectivity index (χ4n) is 4.72. The third-order valence-electron chi connectivity index (χ3n) is 6.77. The molecule has 176 valence electrons. The van der Waals surface area contributed by atoms with Crippen molar-refractivity contribution in [1.82, 2.24) is 19.7 Å². The van der Waals surface area contributed by atoms with Crippen LogP contribution in [-0.2, 0) is 23.7 Å². The summed E-state index contributed by atoms with van der Waals surface area (Å²) in [5.41, 5.74) is 3.08. The maximum absolute atomic E-state index is 15.3. The van der Waals surface area contributed by atoms with Gasteiger partial charge in [-0.2, -0.15) is 5.10 Å². The topological polar surface area (TPSA) is 69.5 Å². The number of aromatic nitrogens is 3. The molecule has 0 spiro atoms. The molecule has 1 saturated heterocycles. The standard InChI is InChI=1S/C26H21B2FN4O3/c1-32-13-20-18(6-7-22(23(20)31-32)36-14-17-8-10-35-17)15-4-5-16(21(29)11-15)12-33-25(34)19-3-2-9-30-24(19)26(33,27)28/h2-7,9,11,13,17H,8,10,12,14H2,1H3. The zero-order valence-corrected chi connectivity index (χ0v) is 19.6. The van der Waals surface area contributed by atoms with Crippen LogP contribution in [0.3, 0.4) is 0 Å². The van der Waals surface area contributed by atoms with Crippen LogP contribution in [0.25, 0.3) is 22.0 Å². The molecule has 4 radical (unpaired) electrons. The third-order valence-corrected chi connectivity index (χ3v) is 6.77. The van der Waals surface area contributed by atoms with Crippen LogP contribution in [-0.4, -0.2) is 60.6 Å². The normalized spacial score (nSPS) is 18.3. The van der Waals surface area contributed by atoms with Crippen LogP contribution in [0.5, 0.6) is 5.75 Å². The Labute approximate surface area is 210 Å². The Morgan fingerprint density at radius 2 is 2.06 bits per heavy atom. The smallest absolute Gasteiger partial charge is 0.255 e. The fourth-order valence-corrected chi connectivity index (χ4v) is 4.72. The van der Waals surface area contributed by atoms with Crippen molar-refractivity contribution in [2.45, 2.75) is 24.4 Å². The van der Waals surface area contributed by atoms with Gasteiger partial charge in [0.1, 0.15) is 23.7 Å². The van der Waals surface area contributed by atoms with Crippen LogP contribution in [0.2, 0.25) is 0 Å². The van der Waals surface area contributed by atoms with Gasteiger partial charge in [-0.3, -0.25) is 14.5 Å². The average Bonchev–Trinajstić information content (AvgIpc) is 3.31. The van der Waals surface area contributed by atoms with E-state index in [2.05, 4.69) is 10.1 Å². The summed E-state index contributed by atoms with van der Waals surface area (Å²) in [6.07, 6.45) is 4.50. The van der Waals surface area contributed by atoms with Gasteiger partial charge in [0.25, 0.3) is 5.91 Å². The second kappa shape index (κ2) is 8.48. The Hall–Kier alpha value is -3.65. The lowest BCUT2D eigenvalue weighted by molar-refractivity contribution is -0.0718. The molecule has 1 atom stereocenters. The van der Waals surface area contributed by atoms with Gasteiger partial charge in [0.2, 0.25) is 0 Å². The third kappa shape index (κ3) is 3.67. The number of carbonyl (C=O) groups excluding carboxylic acids is 1. The molecule has 2 aromatic heterocycles. The number of fused-ring (bicyclic) bond motifs is 2. The maximum Gasteiger partial charge on any atom is 0.255 e.